The maximum atomic E-state index is 13.3. The molecule has 3 rings (SSSR count). The average molecular weight is 459 g/mol. The molecule has 4 nitrogen and oxygen atoms in total. The summed E-state index contributed by atoms with van der Waals surface area (Å²) in [6, 6.07) is 8.43. The molecule has 0 bridgehead atoms. The van der Waals surface area contributed by atoms with Gasteiger partial charge >= 0.3 is 0 Å². The minimum atomic E-state index is -0.236. The van der Waals surface area contributed by atoms with Crippen LogP contribution in [0.5, 0.6) is 0 Å². The van der Waals surface area contributed by atoms with Crippen molar-refractivity contribution in [3.8, 4) is 0 Å². The van der Waals surface area contributed by atoms with E-state index in [0.29, 0.717) is 35.7 Å². The summed E-state index contributed by atoms with van der Waals surface area (Å²) in [6.07, 6.45) is 3.24. The summed E-state index contributed by atoms with van der Waals surface area (Å²) in [4.78, 5) is 4.22. The predicted octanol–water partition coefficient (Wildman–Crippen LogP) is 4.67. The van der Waals surface area contributed by atoms with Gasteiger partial charge in [0.1, 0.15) is 11.6 Å². The Morgan fingerprint density at radius 2 is 2.00 bits per heavy atom. The number of rotatable bonds is 4. The molecule has 1 saturated heterocycles. The first-order valence-electron chi connectivity index (χ1n) is 8.18. The van der Waals surface area contributed by atoms with Gasteiger partial charge in [-0.1, -0.05) is 23.7 Å². The highest BCUT2D eigenvalue weighted by atomic mass is 79.9. The van der Waals surface area contributed by atoms with Gasteiger partial charge in [0.05, 0.1) is 9.50 Å². The number of halogens is 3. The number of nitrogens with zero attached hydrogens (tertiary/aromatic N) is 1. The molecule has 2 aromatic rings. The molecule has 1 aliphatic heterocycles. The van der Waals surface area contributed by atoms with E-state index in [1.165, 1.54) is 12.1 Å². The van der Waals surface area contributed by atoms with Crippen molar-refractivity contribution in [1.82, 2.24) is 10.3 Å². The summed E-state index contributed by atoms with van der Waals surface area (Å²) in [7, 11) is 0. The number of aromatic nitrogens is 1. The van der Waals surface area contributed by atoms with Gasteiger partial charge < -0.3 is 15.4 Å². The molecular formula is C18H18BrClFN3OS. The van der Waals surface area contributed by atoms with Gasteiger partial charge in [0, 0.05) is 31.4 Å². The van der Waals surface area contributed by atoms with E-state index in [9.17, 15) is 4.39 Å². The van der Waals surface area contributed by atoms with E-state index in [1.807, 2.05) is 12.1 Å². The molecule has 0 radical (unpaired) electrons. The van der Waals surface area contributed by atoms with Crippen LogP contribution in [-0.4, -0.2) is 29.9 Å². The maximum Gasteiger partial charge on any atom is 0.172 e. The Hall–Kier alpha value is -1.28. The Morgan fingerprint density at radius 1 is 1.31 bits per heavy atom. The second-order valence-electron chi connectivity index (χ2n) is 6.19. The Balaban J connectivity index is 1.69. The number of thiocarbonyl (C=S) groups is 1. The highest BCUT2D eigenvalue weighted by Crippen LogP contribution is 2.34. The van der Waals surface area contributed by atoms with E-state index < -0.39 is 0 Å². The van der Waals surface area contributed by atoms with E-state index in [0.717, 1.165) is 22.9 Å². The number of ether oxygens (including phenoxy) is 1. The molecule has 1 aromatic heterocycles. The van der Waals surface area contributed by atoms with Gasteiger partial charge in [-0.15, -0.1) is 0 Å². The highest BCUT2D eigenvalue weighted by Gasteiger charge is 2.34. The minimum Gasteiger partial charge on any atom is -0.381 e. The van der Waals surface area contributed by atoms with Gasteiger partial charge in [0.2, 0.25) is 0 Å². The summed E-state index contributed by atoms with van der Waals surface area (Å²) in [5.41, 5.74) is 0.936. The van der Waals surface area contributed by atoms with E-state index in [-0.39, 0.29) is 11.2 Å². The van der Waals surface area contributed by atoms with Crippen molar-refractivity contribution in [1.29, 1.82) is 0 Å². The predicted molar refractivity (Wildman–Crippen MR) is 109 cm³/mol. The topological polar surface area (TPSA) is 46.2 Å². The van der Waals surface area contributed by atoms with Crippen LogP contribution in [0.2, 0.25) is 5.02 Å². The number of hydrogen-bond donors (Lipinski definition) is 2. The zero-order chi connectivity index (χ0) is 18.6. The van der Waals surface area contributed by atoms with E-state index >= 15 is 0 Å². The Morgan fingerprint density at radius 3 is 2.65 bits per heavy atom. The fraction of sp³-hybridized carbons (Fsp3) is 0.333. The van der Waals surface area contributed by atoms with Crippen LogP contribution in [0.25, 0.3) is 0 Å². The lowest BCUT2D eigenvalue weighted by atomic mass is 9.74. The zero-order valence-electron chi connectivity index (χ0n) is 13.9. The molecule has 1 aliphatic rings. The highest BCUT2D eigenvalue weighted by molar-refractivity contribution is 9.10. The first-order valence-corrected chi connectivity index (χ1v) is 9.76. The molecule has 0 saturated carbocycles. The fourth-order valence-electron chi connectivity index (χ4n) is 3.04. The molecule has 1 fully saturated rings. The van der Waals surface area contributed by atoms with Gasteiger partial charge in [0.25, 0.3) is 0 Å². The number of pyridine rings is 1. The van der Waals surface area contributed by atoms with Crippen molar-refractivity contribution in [2.45, 2.75) is 18.3 Å². The van der Waals surface area contributed by atoms with Crippen LogP contribution in [0.1, 0.15) is 18.4 Å². The SMILES string of the molecule is Fc1ccc(C2(CNC(=S)Nc3ncc(Cl)cc3Br)CCOCC2)cc1. The van der Waals surface area contributed by atoms with Gasteiger partial charge in [-0.3, -0.25) is 0 Å². The van der Waals surface area contributed by atoms with Crippen LogP contribution in [-0.2, 0) is 10.2 Å². The van der Waals surface area contributed by atoms with Crippen molar-refractivity contribution in [3.05, 3.63) is 57.4 Å². The van der Waals surface area contributed by atoms with Crippen LogP contribution < -0.4 is 10.6 Å². The number of benzene rings is 1. The molecule has 0 atom stereocenters. The fourth-order valence-corrected chi connectivity index (χ4v) is 3.95. The first kappa shape index (κ1) is 19.5. The van der Waals surface area contributed by atoms with Gasteiger partial charge in [-0.05, 0) is 64.8 Å². The second-order valence-corrected chi connectivity index (χ2v) is 7.89. The van der Waals surface area contributed by atoms with Crippen LogP contribution in [0, 0.1) is 5.82 Å². The van der Waals surface area contributed by atoms with Crippen LogP contribution in [0.3, 0.4) is 0 Å². The quantitative estimate of drug-likeness (QED) is 0.652. The van der Waals surface area contributed by atoms with E-state index in [4.69, 9.17) is 28.6 Å². The third kappa shape index (κ3) is 4.71. The summed E-state index contributed by atoms with van der Waals surface area (Å²) >= 11 is 14.7. The van der Waals surface area contributed by atoms with Crippen LogP contribution >= 0.6 is 39.7 Å². The summed E-state index contributed by atoms with van der Waals surface area (Å²) in [5.74, 6) is 0.356. The Bertz CT molecular complexity index is 785. The first-order chi connectivity index (χ1) is 12.5. The van der Waals surface area contributed by atoms with Crippen molar-refractivity contribution >= 4 is 50.7 Å². The third-order valence-electron chi connectivity index (χ3n) is 4.53. The molecule has 8 heteroatoms. The normalized spacial score (nSPS) is 16.1. The van der Waals surface area contributed by atoms with Crippen molar-refractivity contribution in [2.75, 3.05) is 25.1 Å². The molecule has 2 heterocycles. The van der Waals surface area contributed by atoms with E-state index in [2.05, 4.69) is 31.5 Å². The lowest BCUT2D eigenvalue weighted by Crippen LogP contribution is -2.45. The summed E-state index contributed by atoms with van der Waals surface area (Å²) in [6.45, 7) is 1.96. The molecule has 0 aliphatic carbocycles. The molecule has 138 valence electrons. The van der Waals surface area contributed by atoms with Crippen molar-refractivity contribution < 1.29 is 9.13 Å². The molecular weight excluding hydrogens is 441 g/mol. The second kappa shape index (κ2) is 8.61. The lowest BCUT2D eigenvalue weighted by molar-refractivity contribution is 0.0515. The summed E-state index contributed by atoms with van der Waals surface area (Å²) in [5, 5.41) is 7.35. The van der Waals surface area contributed by atoms with Gasteiger partial charge in [-0.2, -0.15) is 0 Å². The number of nitrogens with one attached hydrogen (secondary N) is 2. The smallest absolute Gasteiger partial charge is 0.172 e. The van der Waals surface area contributed by atoms with E-state index in [1.54, 1.807) is 12.3 Å². The van der Waals surface area contributed by atoms with Gasteiger partial charge in [0.15, 0.2) is 5.11 Å². The Labute approximate surface area is 170 Å². The number of hydrogen-bond acceptors (Lipinski definition) is 3. The third-order valence-corrected chi connectivity index (χ3v) is 5.59. The minimum absolute atomic E-state index is 0.150. The average Bonchev–Trinajstić information content (AvgIpc) is 2.64. The molecule has 2 N–H and O–H groups in total. The van der Waals surface area contributed by atoms with Crippen molar-refractivity contribution in [2.24, 2.45) is 0 Å². The zero-order valence-corrected chi connectivity index (χ0v) is 17.1. The monoisotopic (exact) mass is 457 g/mol. The molecule has 0 spiro atoms. The molecule has 26 heavy (non-hydrogen) atoms. The maximum absolute atomic E-state index is 13.3. The standard InChI is InChI=1S/C18H18BrClFN3OS/c19-15-9-13(20)10-22-16(15)24-17(26)23-11-18(5-7-25-8-6-18)12-1-3-14(21)4-2-12/h1-4,9-10H,5-8,11H2,(H2,22,23,24,26). The Kier molecular flexibility index (Phi) is 6.45. The largest absolute Gasteiger partial charge is 0.381 e. The van der Waals surface area contributed by atoms with Crippen LogP contribution in [0.15, 0.2) is 41.0 Å². The van der Waals surface area contributed by atoms with Crippen molar-refractivity contribution in [3.63, 3.8) is 0 Å². The van der Waals surface area contributed by atoms with Crippen LogP contribution in [0.4, 0.5) is 10.2 Å². The lowest BCUT2D eigenvalue weighted by Gasteiger charge is -2.38. The molecule has 1 aromatic carbocycles. The number of anilines is 1. The summed E-state index contributed by atoms with van der Waals surface area (Å²) < 4.78 is 19.6. The molecule has 0 amide bonds. The molecule has 0 unspecified atom stereocenters. The van der Waals surface area contributed by atoms with Gasteiger partial charge in [-0.25, -0.2) is 9.37 Å².